The molecular formula is C22H40N2O7. The number of aliphatic carboxylic acids is 3. The molecule has 0 heterocycles. The van der Waals surface area contributed by atoms with E-state index in [1.165, 1.54) is 0 Å². The summed E-state index contributed by atoms with van der Waals surface area (Å²) in [4.78, 5) is 49.4. The Labute approximate surface area is 185 Å². The predicted octanol–water partition coefficient (Wildman–Crippen LogP) is 2.97. The number of rotatable bonds is 10. The maximum atomic E-state index is 12.8. The minimum absolute atomic E-state index is 0.0442. The van der Waals surface area contributed by atoms with Crippen LogP contribution in [0.25, 0.3) is 0 Å². The van der Waals surface area contributed by atoms with Crippen LogP contribution in [0, 0.1) is 5.41 Å². The summed E-state index contributed by atoms with van der Waals surface area (Å²) < 4.78 is 0. The van der Waals surface area contributed by atoms with Gasteiger partial charge >= 0.3 is 17.9 Å². The molecule has 0 bridgehead atoms. The second kappa shape index (κ2) is 9.97. The normalized spacial score (nSPS) is 15.8. The van der Waals surface area contributed by atoms with Gasteiger partial charge in [-0.25, -0.2) is 4.79 Å². The maximum absolute atomic E-state index is 12.8. The number of hydrogen-bond acceptors (Lipinski definition) is 5. The Morgan fingerprint density at radius 2 is 1.26 bits per heavy atom. The Balaban J connectivity index is 6.03. The lowest BCUT2D eigenvalue weighted by atomic mass is 9.66. The van der Waals surface area contributed by atoms with Crippen LogP contribution >= 0.6 is 0 Å². The molecule has 0 aliphatic rings. The van der Waals surface area contributed by atoms with Gasteiger partial charge < -0.3 is 20.6 Å². The lowest BCUT2D eigenvalue weighted by molar-refractivity contribution is -0.181. The molecule has 180 valence electrons. The second-order valence-corrected chi connectivity index (χ2v) is 11.0. The minimum atomic E-state index is -1.43. The highest BCUT2D eigenvalue weighted by molar-refractivity contribution is 5.85. The predicted molar refractivity (Wildman–Crippen MR) is 117 cm³/mol. The van der Waals surface area contributed by atoms with Crippen LogP contribution in [0.15, 0.2) is 0 Å². The Bertz CT molecular complexity index is 669. The first-order chi connectivity index (χ1) is 13.7. The van der Waals surface area contributed by atoms with Crippen LogP contribution < -0.4 is 5.32 Å². The van der Waals surface area contributed by atoms with Crippen molar-refractivity contribution in [1.82, 2.24) is 10.2 Å². The van der Waals surface area contributed by atoms with Crippen LogP contribution in [0.2, 0.25) is 0 Å². The van der Waals surface area contributed by atoms with Crippen molar-refractivity contribution in [3.05, 3.63) is 0 Å². The van der Waals surface area contributed by atoms with Gasteiger partial charge in [0.2, 0.25) is 5.91 Å². The second-order valence-electron chi connectivity index (χ2n) is 11.0. The Morgan fingerprint density at radius 3 is 1.55 bits per heavy atom. The number of nitrogens with one attached hydrogen (secondary N) is 1. The van der Waals surface area contributed by atoms with Gasteiger partial charge in [-0.05, 0) is 59.8 Å². The van der Waals surface area contributed by atoms with Gasteiger partial charge in [0.15, 0.2) is 0 Å². The van der Waals surface area contributed by atoms with Crippen molar-refractivity contribution in [1.29, 1.82) is 0 Å². The van der Waals surface area contributed by atoms with Crippen molar-refractivity contribution in [2.75, 3.05) is 0 Å². The molecule has 0 aromatic heterocycles. The number of nitrogens with zero attached hydrogens (tertiary/aromatic N) is 1. The zero-order chi connectivity index (χ0) is 25.0. The fourth-order valence-electron chi connectivity index (χ4n) is 4.58. The topological polar surface area (TPSA) is 144 Å². The first-order valence-electron chi connectivity index (χ1n) is 10.5. The average Bonchev–Trinajstić information content (AvgIpc) is 2.50. The van der Waals surface area contributed by atoms with E-state index in [0.29, 0.717) is 0 Å². The molecule has 0 saturated carbocycles. The summed E-state index contributed by atoms with van der Waals surface area (Å²) in [5, 5.41) is 30.8. The van der Waals surface area contributed by atoms with Crippen molar-refractivity contribution in [3.63, 3.8) is 0 Å². The molecule has 31 heavy (non-hydrogen) atoms. The molecule has 0 spiro atoms. The van der Waals surface area contributed by atoms with Gasteiger partial charge in [-0.3, -0.25) is 19.3 Å². The summed E-state index contributed by atoms with van der Waals surface area (Å²) in [5.74, 6) is -4.18. The van der Waals surface area contributed by atoms with Crippen LogP contribution in [0.5, 0.6) is 0 Å². The molecule has 0 aromatic rings. The van der Waals surface area contributed by atoms with Crippen LogP contribution in [-0.4, -0.2) is 66.7 Å². The first kappa shape index (κ1) is 28.8. The van der Waals surface area contributed by atoms with Crippen LogP contribution in [0.1, 0.15) is 88.0 Å². The molecule has 4 N–H and O–H groups in total. The highest BCUT2D eigenvalue weighted by atomic mass is 16.4. The monoisotopic (exact) mass is 444 g/mol. The lowest BCUT2D eigenvalue weighted by Crippen LogP contribution is -2.72. The van der Waals surface area contributed by atoms with Gasteiger partial charge in [0.25, 0.3) is 0 Å². The number of carbonyl (C=O) groups excluding carboxylic acids is 1. The number of amides is 1. The number of carboxylic acid groups (broad SMARTS) is 3. The van der Waals surface area contributed by atoms with Gasteiger partial charge in [-0.1, -0.05) is 20.8 Å². The van der Waals surface area contributed by atoms with Crippen molar-refractivity contribution in [3.8, 4) is 0 Å². The quantitative estimate of drug-likeness (QED) is 0.402. The zero-order valence-corrected chi connectivity index (χ0v) is 20.3. The van der Waals surface area contributed by atoms with Crippen molar-refractivity contribution >= 4 is 23.8 Å². The third-order valence-electron chi connectivity index (χ3n) is 5.31. The Kier molecular flexibility index (Phi) is 9.28. The summed E-state index contributed by atoms with van der Waals surface area (Å²) >= 11 is 0. The third-order valence-corrected chi connectivity index (χ3v) is 5.31. The summed E-state index contributed by atoms with van der Waals surface area (Å²) in [6.07, 6.45) is -0.920. The lowest BCUT2D eigenvalue weighted by Gasteiger charge is -2.59. The van der Waals surface area contributed by atoms with Gasteiger partial charge in [0, 0.05) is 23.9 Å². The summed E-state index contributed by atoms with van der Waals surface area (Å²) in [5.41, 5.74) is -3.30. The fourth-order valence-corrected chi connectivity index (χ4v) is 4.58. The third kappa shape index (κ3) is 7.48. The van der Waals surface area contributed by atoms with E-state index in [-0.39, 0.29) is 19.3 Å². The van der Waals surface area contributed by atoms with E-state index in [1.807, 2.05) is 67.2 Å². The van der Waals surface area contributed by atoms with E-state index in [2.05, 4.69) is 5.32 Å². The van der Waals surface area contributed by atoms with E-state index < -0.39 is 58.3 Å². The molecule has 1 amide bonds. The van der Waals surface area contributed by atoms with Gasteiger partial charge in [-0.2, -0.15) is 0 Å². The number of carboxylic acids is 3. The highest BCUT2D eigenvalue weighted by Gasteiger charge is 2.58. The average molecular weight is 445 g/mol. The molecule has 0 aromatic carbocycles. The summed E-state index contributed by atoms with van der Waals surface area (Å²) in [6, 6.07) is -1.35. The van der Waals surface area contributed by atoms with Gasteiger partial charge in [0.1, 0.15) is 11.6 Å². The number of hydrogen-bond donors (Lipinski definition) is 4. The van der Waals surface area contributed by atoms with Gasteiger partial charge in [-0.15, -0.1) is 0 Å². The highest BCUT2D eigenvalue weighted by Crippen LogP contribution is 2.47. The summed E-state index contributed by atoms with van der Waals surface area (Å²) in [6.45, 7) is 17.0. The molecule has 0 rings (SSSR count). The van der Waals surface area contributed by atoms with Crippen LogP contribution in [-0.2, 0) is 19.2 Å². The zero-order valence-electron chi connectivity index (χ0n) is 20.3. The molecule has 2 atom stereocenters. The molecular weight excluding hydrogens is 404 g/mol. The molecule has 0 aliphatic carbocycles. The van der Waals surface area contributed by atoms with Crippen LogP contribution in [0.3, 0.4) is 0 Å². The molecule has 0 saturated heterocycles. The SMILES string of the molecule is CC(C)(C)N(C(C)(C)C)[C@](CCC(=O)N[C@H](CCC(=O)O)C(=O)O)(C(=O)O)C(C)(C)C. The number of carbonyl (C=O) groups is 4. The molecule has 0 unspecified atom stereocenters. The standard InChI is InChI=1S/C22H40N2O7/c1-19(2,3)22(18(30)31,24(20(4,5)6)21(7,8)9)13-12-15(25)23-14(17(28)29)10-11-16(26)27/h14H,10-13H2,1-9H3,(H,23,25)(H,26,27)(H,28,29)(H,30,31)/t14-,22-/m1/s1. The molecule has 9 heteroatoms. The van der Waals surface area contributed by atoms with Crippen molar-refractivity contribution in [2.45, 2.75) is 111 Å². The molecule has 0 aliphatic heterocycles. The summed E-state index contributed by atoms with van der Waals surface area (Å²) in [7, 11) is 0. The molecule has 0 fully saturated rings. The van der Waals surface area contributed by atoms with E-state index in [1.54, 1.807) is 0 Å². The smallest absolute Gasteiger partial charge is 0.326 e. The molecule has 0 radical (unpaired) electrons. The Hall–Kier alpha value is -2.16. The largest absolute Gasteiger partial charge is 0.481 e. The van der Waals surface area contributed by atoms with Crippen molar-refractivity contribution < 1.29 is 34.5 Å². The van der Waals surface area contributed by atoms with Crippen molar-refractivity contribution in [2.24, 2.45) is 5.41 Å². The molecule has 9 nitrogen and oxygen atoms in total. The minimum Gasteiger partial charge on any atom is -0.481 e. The first-order valence-corrected chi connectivity index (χ1v) is 10.5. The van der Waals surface area contributed by atoms with Crippen LogP contribution in [0.4, 0.5) is 0 Å². The van der Waals surface area contributed by atoms with E-state index in [0.717, 1.165) is 0 Å². The van der Waals surface area contributed by atoms with E-state index in [9.17, 15) is 29.4 Å². The fraction of sp³-hybridized carbons (Fsp3) is 0.818. The van der Waals surface area contributed by atoms with E-state index >= 15 is 0 Å². The van der Waals surface area contributed by atoms with E-state index in [4.69, 9.17) is 5.11 Å². The van der Waals surface area contributed by atoms with Gasteiger partial charge in [0.05, 0.1) is 0 Å². The Morgan fingerprint density at radius 1 is 0.806 bits per heavy atom. The maximum Gasteiger partial charge on any atom is 0.326 e.